The number of hydrogen-bond donors (Lipinski definition) is 2. The number of amides is 2. The molecule has 0 atom stereocenters. The number of nitrogens with two attached hydrogens (primary N) is 1. The molecule has 1 aromatic rings. The van der Waals surface area contributed by atoms with Gasteiger partial charge < -0.3 is 20.7 Å². The van der Waals surface area contributed by atoms with E-state index in [0.717, 1.165) is 43.6 Å². The number of hydrogen-bond acceptors (Lipinski definition) is 5. The fourth-order valence-electron chi connectivity index (χ4n) is 3.78. The van der Waals surface area contributed by atoms with Gasteiger partial charge in [0.2, 0.25) is 5.91 Å². The van der Waals surface area contributed by atoms with Gasteiger partial charge in [-0.15, -0.1) is 0 Å². The van der Waals surface area contributed by atoms with Gasteiger partial charge in [0.1, 0.15) is 11.4 Å². The van der Waals surface area contributed by atoms with Gasteiger partial charge in [0, 0.05) is 30.5 Å². The lowest BCUT2D eigenvalue weighted by Gasteiger charge is -2.37. The van der Waals surface area contributed by atoms with E-state index in [9.17, 15) is 9.59 Å². The number of piperidine rings is 1. The van der Waals surface area contributed by atoms with Crippen molar-refractivity contribution in [2.45, 2.75) is 45.1 Å². The Kier molecular flexibility index (Phi) is 4.34. The molecule has 1 aromatic heterocycles. The van der Waals surface area contributed by atoms with Crippen LogP contribution in [0.2, 0.25) is 0 Å². The zero-order valence-electron chi connectivity index (χ0n) is 14.2. The molecule has 130 valence electrons. The van der Waals surface area contributed by atoms with Crippen LogP contribution in [-0.2, 0) is 16.0 Å². The van der Waals surface area contributed by atoms with Crippen molar-refractivity contribution in [3.05, 3.63) is 17.8 Å². The summed E-state index contributed by atoms with van der Waals surface area (Å²) in [6.45, 7) is 5.64. The van der Waals surface area contributed by atoms with E-state index in [2.05, 4.69) is 15.2 Å². The molecule has 1 fully saturated rings. The molecule has 3 rings (SSSR count). The molecule has 7 heteroatoms. The van der Waals surface area contributed by atoms with Gasteiger partial charge in [0.05, 0.1) is 6.42 Å². The van der Waals surface area contributed by atoms with Crippen molar-refractivity contribution in [3.63, 3.8) is 0 Å². The SMILES string of the molecule is CC(C)(CC1CCN(c2ccnc3c2CC(=O)N3)CC1)OC(N)=O. The van der Waals surface area contributed by atoms with Crippen LogP contribution in [0.15, 0.2) is 12.3 Å². The van der Waals surface area contributed by atoms with E-state index in [1.807, 2.05) is 19.9 Å². The summed E-state index contributed by atoms with van der Waals surface area (Å²) in [5.41, 5.74) is 6.70. The van der Waals surface area contributed by atoms with Crippen molar-refractivity contribution in [1.29, 1.82) is 0 Å². The summed E-state index contributed by atoms with van der Waals surface area (Å²) in [7, 11) is 0. The Balaban J connectivity index is 1.61. The van der Waals surface area contributed by atoms with Crippen LogP contribution in [0.4, 0.5) is 16.3 Å². The summed E-state index contributed by atoms with van der Waals surface area (Å²) >= 11 is 0. The van der Waals surface area contributed by atoms with Gasteiger partial charge in [-0.3, -0.25) is 4.79 Å². The van der Waals surface area contributed by atoms with Crippen LogP contribution in [0.5, 0.6) is 0 Å². The first kappa shape index (κ1) is 16.5. The van der Waals surface area contributed by atoms with Crippen LogP contribution >= 0.6 is 0 Å². The fourth-order valence-corrected chi connectivity index (χ4v) is 3.78. The van der Waals surface area contributed by atoms with Crippen LogP contribution < -0.4 is 16.0 Å². The predicted octanol–water partition coefficient (Wildman–Crippen LogP) is 2.06. The average Bonchev–Trinajstić information content (AvgIpc) is 2.86. The Morgan fingerprint density at radius 2 is 2.17 bits per heavy atom. The molecule has 0 aliphatic carbocycles. The molecule has 0 unspecified atom stereocenters. The smallest absolute Gasteiger partial charge is 0.405 e. The maximum absolute atomic E-state index is 11.6. The largest absolute Gasteiger partial charge is 0.444 e. The molecule has 24 heavy (non-hydrogen) atoms. The molecule has 3 N–H and O–H groups in total. The average molecular weight is 332 g/mol. The minimum Gasteiger partial charge on any atom is -0.444 e. The molecule has 2 aliphatic heterocycles. The number of nitrogens with zero attached hydrogens (tertiary/aromatic N) is 2. The Bertz CT molecular complexity index is 651. The molecule has 2 amide bonds. The Labute approximate surface area is 141 Å². The number of rotatable bonds is 4. The number of primary amides is 1. The second-order valence-electron chi connectivity index (χ2n) is 7.20. The summed E-state index contributed by atoms with van der Waals surface area (Å²) in [5, 5.41) is 2.80. The summed E-state index contributed by atoms with van der Waals surface area (Å²) in [6.07, 6.45) is 4.27. The lowest BCUT2D eigenvalue weighted by atomic mass is 9.86. The monoisotopic (exact) mass is 332 g/mol. The lowest BCUT2D eigenvalue weighted by molar-refractivity contribution is -0.115. The number of aromatic nitrogens is 1. The van der Waals surface area contributed by atoms with E-state index in [-0.39, 0.29) is 5.91 Å². The fraction of sp³-hybridized carbons (Fsp3) is 0.588. The standard InChI is InChI=1S/C17H24N4O3/c1-17(2,24-16(18)23)10-11-4-7-21(8-5-11)13-3-6-19-15-12(13)9-14(22)20-15/h3,6,11H,4-5,7-10H2,1-2H3,(H2,18,23)(H,19,20,22). The maximum atomic E-state index is 11.6. The predicted molar refractivity (Wildman–Crippen MR) is 90.9 cm³/mol. The highest BCUT2D eigenvalue weighted by Gasteiger charge is 2.31. The third-order valence-electron chi connectivity index (χ3n) is 4.74. The highest BCUT2D eigenvalue weighted by molar-refractivity contribution is 6.00. The molecule has 0 saturated carbocycles. The summed E-state index contributed by atoms with van der Waals surface area (Å²) < 4.78 is 5.20. The molecule has 0 aromatic carbocycles. The minimum absolute atomic E-state index is 0.00480. The van der Waals surface area contributed by atoms with Crippen LogP contribution in [0.3, 0.4) is 0 Å². The first-order valence-corrected chi connectivity index (χ1v) is 8.35. The molecule has 2 aliphatic rings. The second-order valence-corrected chi connectivity index (χ2v) is 7.20. The molecule has 3 heterocycles. The van der Waals surface area contributed by atoms with Crippen molar-refractivity contribution in [3.8, 4) is 0 Å². The van der Waals surface area contributed by atoms with Gasteiger partial charge in [0.25, 0.3) is 0 Å². The molecular formula is C17H24N4O3. The van der Waals surface area contributed by atoms with E-state index in [0.29, 0.717) is 18.2 Å². The Morgan fingerprint density at radius 1 is 1.46 bits per heavy atom. The third-order valence-corrected chi connectivity index (χ3v) is 4.74. The maximum Gasteiger partial charge on any atom is 0.405 e. The molecule has 0 spiro atoms. The number of carbonyl (C=O) groups excluding carboxylic acids is 2. The minimum atomic E-state index is -0.720. The Morgan fingerprint density at radius 3 is 2.83 bits per heavy atom. The normalized spacial score (nSPS) is 18.2. The van der Waals surface area contributed by atoms with Crippen LogP contribution in [-0.4, -0.2) is 35.7 Å². The molecule has 7 nitrogen and oxygen atoms in total. The zero-order chi connectivity index (χ0) is 17.3. The van der Waals surface area contributed by atoms with Crippen LogP contribution in [0.25, 0.3) is 0 Å². The van der Waals surface area contributed by atoms with E-state index < -0.39 is 11.7 Å². The number of anilines is 2. The number of ether oxygens (including phenoxy) is 1. The van der Waals surface area contributed by atoms with Gasteiger partial charge >= 0.3 is 6.09 Å². The number of fused-ring (bicyclic) bond motifs is 1. The van der Waals surface area contributed by atoms with Gasteiger partial charge in [-0.2, -0.15) is 0 Å². The Hall–Kier alpha value is -2.31. The number of pyridine rings is 1. The number of nitrogens with one attached hydrogen (secondary N) is 1. The van der Waals surface area contributed by atoms with Crippen molar-refractivity contribution in [2.75, 3.05) is 23.3 Å². The third kappa shape index (κ3) is 3.60. The van der Waals surface area contributed by atoms with E-state index in [1.54, 1.807) is 6.20 Å². The summed E-state index contributed by atoms with van der Waals surface area (Å²) in [5.74, 6) is 1.19. The summed E-state index contributed by atoms with van der Waals surface area (Å²) in [6, 6.07) is 1.99. The first-order chi connectivity index (χ1) is 11.3. The molecule has 0 bridgehead atoms. The molecular weight excluding hydrogens is 308 g/mol. The van der Waals surface area contributed by atoms with Crippen molar-refractivity contribution < 1.29 is 14.3 Å². The van der Waals surface area contributed by atoms with Gasteiger partial charge in [-0.25, -0.2) is 9.78 Å². The van der Waals surface area contributed by atoms with Gasteiger partial charge in [0.15, 0.2) is 0 Å². The van der Waals surface area contributed by atoms with Crippen molar-refractivity contribution in [2.24, 2.45) is 11.7 Å². The number of carbonyl (C=O) groups is 2. The molecule has 0 radical (unpaired) electrons. The van der Waals surface area contributed by atoms with Gasteiger partial charge in [-0.05, 0) is 45.1 Å². The highest BCUT2D eigenvalue weighted by Crippen LogP contribution is 2.35. The van der Waals surface area contributed by atoms with E-state index in [1.165, 1.54) is 0 Å². The highest BCUT2D eigenvalue weighted by atomic mass is 16.6. The zero-order valence-corrected chi connectivity index (χ0v) is 14.2. The van der Waals surface area contributed by atoms with E-state index in [4.69, 9.17) is 10.5 Å². The first-order valence-electron chi connectivity index (χ1n) is 8.35. The topological polar surface area (TPSA) is 97.6 Å². The van der Waals surface area contributed by atoms with Crippen LogP contribution in [0.1, 0.15) is 38.7 Å². The lowest BCUT2D eigenvalue weighted by Crippen LogP contribution is -2.39. The van der Waals surface area contributed by atoms with Crippen LogP contribution in [0, 0.1) is 5.92 Å². The van der Waals surface area contributed by atoms with Crippen molar-refractivity contribution in [1.82, 2.24) is 4.98 Å². The van der Waals surface area contributed by atoms with Gasteiger partial charge in [-0.1, -0.05) is 0 Å². The van der Waals surface area contributed by atoms with E-state index >= 15 is 0 Å². The molecule has 1 saturated heterocycles. The summed E-state index contributed by atoms with van der Waals surface area (Å²) in [4.78, 5) is 29.1. The van der Waals surface area contributed by atoms with Crippen molar-refractivity contribution >= 4 is 23.5 Å². The second kappa shape index (κ2) is 6.30. The quantitative estimate of drug-likeness (QED) is 0.879.